The summed E-state index contributed by atoms with van der Waals surface area (Å²) in [5.41, 5.74) is 2.03. The lowest BCUT2D eigenvalue weighted by molar-refractivity contribution is -0.139. The van der Waals surface area contributed by atoms with Crippen LogP contribution in [0.15, 0.2) is 53.0 Å². The molecule has 0 bridgehead atoms. The summed E-state index contributed by atoms with van der Waals surface area (Å²) in [4.78, 5) is 28.1. The van der Waals surface area contributed by atoms with Crippen LogP contribution in [0.4, 0.5) is 5.69 Å². The highest BCUT2D eigenvalue weighted by Crippen LogP contribution is 2.23. The summed E-state index contributed by atoms with van der Waals surface area (Å²) < 4.78 is 27.3. The topological polar surface area (TPSA) is 86.8 Å². The summed E-state index contributed by atoms with van der Waals surface area (Å²) in [6, 6.07) is 13.9. The Kier molecular flexibility index (Phi) is 8.76. The van der Waals surface area contributed by atoms with Crippen molar-refractivity contribution < 1.29 is 18.0 Å². The van der Waals surface area contributed by atoms with Gasteiger partial charge in [0.15, 0.2) is 0 Å². The minimum atomic E-state index is -3.74. The van der Waals surface area contributed by atoms with Crippen molar-refractivity contribution in [3.8, 4) is 0 Å². The second kappa shape index (κ2) is 11.4. The molecule has 1 atom stereocenters. The van der Waals surface area contributed by atoms with Crippen LogP contribution in [0.5, 0.6) is 0 Å². The number of benzene rings is 2. The number of nitrogens with one attached hydrogen (secondary N) is 1. The summed E-state index contributed by atoms with van der Waals surface area (Å²) in [6.07, 6.45) is 5.13. The van der Waals surface area contributed by atoms with Crippen molar-refractivity contribution in [1.29, 1.82) is 0 Å². The monoisotopic (exact) mass is 549 g/mol. The van der Waals surface area contributed by atoms with Crippen molar-refractivity contribution in [2.75, 3.05) is 17.1 Å². The van der Waals surface area contributed by atoms with E-state index in [2.05, 4.69) is 21.2 Å². The number of amides is 2. The van der Waals surface area contributed by atoms with Gasteiger partial charge in [0.25, 0.3) is 0 Å². The van der Waals surface area contributed by atoms with Crippen molar-refractivity contribution >= 4 is 43.5 Å². The number of anilines is 1. The molecule has 1 aliphatic rings. The van der Waals surface area contributed by atoms with E-state index in [9.17, 15) is 18.0 Å². The highest BCUT2D eigenvalue weighted by Gasteiger charge is 2.31. The number of halogens is 1. The maximum atomic E-state index is 13.6. The van der Waals surface area contributed by atoms with Gasteiger partial charge in [-0.25, -0.2) is 8.42 Å². The van der Waals surface area contributed by atoms with Crippen molar-refractivity contribution in [3.05, 3.63) is 64.1 Å². The van der Waals surface area contributed by atoms with Gasteiger partial charge in [-0.1, -0.05) is 59.1 Å². The Morgan fingerprint density at radius 1 is 1.12 bits per heavy atom. The Morgan fingerprint density at radius 3 is 2.41 bits per heavy atom. The third-order valence-corrected chi connectivity index (χ3v) is 7.79. The molecule has 2 aromatic carbocycles. The number of carbonyl (C=O) groups is 2. The molecule has 3 rings (SSSR count). The molecule has 7 nitrogen and oxygen atoms in total. The highest BCUT2D eigenvalue weighted by atomic mass is 79.9. The molecule has 0 spiro atoms. The molecule has 2 aromatic rings. The van der Waals surface area contributed by atoms with E-state index in [1.807, 2.05) is 30.3 Å². The van der Waals surface area contributed by atoms with Gasteiger partial charge in [-0.05, 0) is 56.0 Å². The van der Waals surface area contributed by atoms with Crippen LogP contribution in [-0.4, -0.2) is 50.0 Å². The molecule has 184 valence electrons. The zero-order valence-electron chi connectivity index (χ0n) is 19.8. The number of para-hydroxylation sites is 1. The first kappa shape index (κ1) is 26.2. The maximum Gasteiger partial charge on any atom is 0.244 e. The molecular weight excluding hydrogens is 518 g/mol. The Bertz CT molecular complexity index is 1130. The average molecular weight is 551 g/mol. The van der Waals surface area contributed by atoms with E-state index in [4.69, 9.17) is 0 Å². The van der Waals surface area contributed by atoms with Gasteiger partial charge in [0, 0.05) is 17.1 Å². The quantitative estimate of drug-likeness (QED) is 0.512. The lowest BCUT2D eigenvalue weighted by atomic mass is 10.1. The molecule has 0 unspecified atom stereocenters. The molecule has 0 aromatic heterocycles. The van der Waals surface area contributed by atoms with Crippen LogP contribution >= 0.6 is 15.9 Å². The van der Waals surface area contributed by atoms with E-state index in [-0.39, 0.29) is 18.5 Å². The molecule has 2 amide bonds. The van der Waals surface area contributed by atoms with Gasteiger partial charge in [0.1, 0.15) is 12.6 Å². The number of sulfonamides is 1. The minimum absolute atomic E-state index is 0.122. The average Bonchev–Trinajstić information content (AvgIpc) is 3.28. The van der Waals surface area contributed by atoms with E-state index in [1.165, 1.54) is 4.90 Å². The third kappa shape index (κ3) is 6.82. The normalized spacial score (nSPS) is 15.1. The fourth-order valence-corrected chi connectivity index (χ4v) is 5.60. The Balaban J connectivity index is 1.89. The van der Waals surface area contributed by atoms with Crippen LogP contribution in [0.2, 0.25) is 0 Å². The second-order valence-electron chi connectivity index (χ2n) is 8.87. The molecule has 1 fully saturated rings. The van der Waals surface area contributed by atoms with Crippen molar-refractivity contribution in [2.24, 2.45) is 0 Å². The Morgan fingerprint density at radius 2 is 1.79 bits per heavy atom. The number of hydrogen-bond donors (Lipinski definition) is 1. The molecule has 0 radical (unpaired) electrons. The molecule has 34 heavy (non-hydrogen) atoms. The molecule has 0 heterocycles. The van der Waals surface area contributed by atoms with E-state index in [0.29, 0.717) is 5.69 Å². The highest BCUT2D eigenvalue weighted by molar-refractivity contribution is 9.10. The minimum Gasteiger partial charge on any atom is -0.352 e. The summed E-state index contributed by atoms with van der Waals surface area (Å²) in [7, 11) is -3.74. The largest absolute Gasteiger partial charge is 0.352 e. The zero-order valence-corrected chi connectivity index (χ0v) is 22.2. The fraction of sp³-hybridized carbons (Fsp3) is 0.440. The van der Waals surface area contributed by atoms with Gasteiger partial charge in [-0.15, -0.1) is 0 Å². The molecule has 1 saturated carbocycles. The SMILES string of the molecule is Cc1ccccc1N(CC(=O)N(Cc1cccc(Br)c1)[C@H](C)C(=O)NC1CCCC1)S(C)(=O)=O. The van der Waals surface area contributed by atoms with Crippen LogP contribution < -0.4 is 9.62 Å². The molecule has 1 aliphatic carbocycles. The Hall–Kier alpha value is -2.39. The van der Waals surface area contributed by atoms with Crippen LogP contribution in [0.1, 0.15) is 43.7 Å². The van der Waals surface area contributed by atoms with Gasteiger partial charge >= 0.3 is 0 Å². The van der Waals surface area contributed by atoms with Gasteiger partial charge in [0.2, 0.25) is 21.8 Å². The number of carbonyl (C=O) groups excluding carboxylic acids is 2. The summed E-state index contributed by atoms with van der Waals surface area (Å²) in [5, 5.41) is 3.06. The van der Waals surface area contributed by atoms with Gasteiger partial charge in [-0.3, -0.25) is 13.9 Å². The van der Waals surface area contributed by atoms with Crippen molar-refractivity contribution in [1.82, 2.24) is 10.2 Å². The number of hydrogen-bond acceptors (Lipinski definition) is 4. The molecule has 9 heteroatoms. The predicted octanol–water partition coefficient (Wildman–Crippen LogP) is 4.00. The first-order valence-electron chi connectivity index (χ1n) is 11.4. The van der Waals surface area contributed by atoms with Crippen LogP contribution in [0, 0.1) is 6.92 Å². The van der Waals surface area contributed by atoms with E-state index >= 15 is 0 Å². The molecule has 0 aliphatic heterocycles. The van der Waals surface area contributed by atoms with Crippen molar-refractivity contribution in [3.63, 3.8) is 0 Å². The van der Waals surface area contributed by atoms with E-state index < -0.39 is 28.5 Å². The van der Waals surface area contributed by atoms with Crippen LogP contribution in [0.3, 0.4) is 0 Å². The van der Waals surface area contributed by atoms with Gasteiger partial charge in [0.05, 0.1) is 11.9 Å². The van der Waals surface area contributed by atoms with Gasteiger partial charge < -0.3 is 10.2 Å². The van der Waals surface area contributed by atoms with Crippen LogP contribution in [-0.2, 0) is 26.2 Å². The molecule has 1 N–H and O–H groups in total. The van der Waals surface area contributed by atoms with Crippen molar-refractivity contribution in [2.45, 2.75) is 58.2 Å². The summed E-state index contributed by atoms with van der Waals surface area (Å²) in [6.45, 7) is 3.29. The lowest BCUT2D eigenvalue weighted by Gasteiger charge is -2.32. The third-order valence-electron chi connectivity index (χ3n) is 6.17. The molecule has 0 saturated heterocycles. The summed E-state index contributed by atoms with van der Waals surface area (Å²) in [5.74, 6) is -0.667. The first-order valence-corrected chi connectivity index (χ1v) is 14.1. The fourth-order valence-electron chi connectivity index (χ4n) is 4.24. The predicted molar refractivity (Wildman–Crippen MR) is 138 cm³/mol. The molecular formula is C25H32BrN3O4S. The number of nitrogens with zero attached hydrogens (tertiary/aromatic N) is 2. The van der Waals surface area contributed by atoms with E-state index in [0.717, 1.165) is 51.8 Å². The number of aryl methyl sites for hydroxylation is 1. The first-order chi connectivity index (χ1) is 16.1. The number of rotatable bonds is 9. The lowest BCUT2D eigenvalue weighted by Crippen LogP contribution is -2.52. The zero-order chi connectivity index (χ0) is 24.9. The standard InChI is InChI=1S/C25H32BrN3O4S/c1-18-9-4-7-14-23(18)29(34(3,32)33)17-24(30)28(16-20-10-8-11-21(26)15-20)19(2)25(31)27-22-12-5-6-13-22/h4,7-11,14-15,19,22H,5-6,12-13,16-17H2,1-3H3,(H,27,31)/t19-/m1/s1. The Labute approximate surface area is 210 Å². The van der Waals surface area contributed by atoms with Crippen LogP contribution in [0.25, 0.3) is 0 Å². The maximum absolute atomic E-state index is 13.6. The van der Waals surface area contributed by atoms with E-state index in [1.54, 1.807) is 32.0 Å². The second-order valence-corrected chi connectivity index (χ2v) is 11.7. The smallest absolute Gasteiger partial charge is 0.244 e. The summed E-state index contributed by atoms with van der Waals surface area (Å²) >= 11 is 3.45. The van der Waals surface area contributed by atoms with Gasteiger partial charge in [-0.2, -0.15) is 0 Å².